The first-order valence-corrected chi connectivity index (χ1v) is 13.2. The highest BCUT2D eigenvalue weighted by Gasteiger charge is 2.32. The Hall–Kier alpha value is -4.45. The molecule has 1 heterocycles. The molecule has 12 heteroatoms. The summed E-state index contributed by atoms with van der Waals surface area (Å²) in [6.45, 7) is 0.0657. The van der Waals surface area contributed by atoms with Crippen molar-refractivity contribution in [3.8, 4) is 17.2 Å². The van der Waals surface area contributed by atoms with E-state index in [2.05, 4.69) is 0 Å². The zero-order valence-electron chi connectivity index (χ0n) is 21.3. The van der Waals surface area contributed by atoms with Crippen LogP contribution in [0.1, 0.15) is 27.2 Å². The molecular weight excluding hydrogens is 551 g/mol. The number of rotatable bonds is 10. The zero-order chi connectivity index (χ0) is 28.9. The predicted molar refractivity (Wildman–Crippen MR) is 138 cm³/mol. The van der Waals surface area contributed by atoms with E-state index in [1.54, 1.807) is 42.5 Å². The highest BCUT2D eigenvalue weighted by atomic mass is 32.2. The van der Waals surface area contributed by atoms with Gasteiger partial charge in [0.15, 0.2) is 11.5 Å². The Balaban J connectivity index is 1.66. The summed E-state index contributed by atoms with van der Waals surface area (Å²) >= 11 is 0. The molecule has 8 nitrogen and oxygen atoms in total. The van der Waals surface area contributed by atoms with Gasteiger partial charge in [0.2, 0.25) is 0 Å². The van der Waals surface area contributed by atoms with Crippen molar-refractivity contribution in [1.29, 1.82) is 0 Å². The van der Waals surface area contributed by atoms with Gasteiger partial charge in [0.25, 0.3) is 5.91 Å². The van der Waals surface area contributed by atoms with E-state index in [4.69, 9.17) is 18.1 Å². The number of nitrogens with zero attached hydrogens (tertiary/aromatic N) is 1. The van der Waals surface area contributed by atoms with Crippen molar-refractivity contribution in [2.45, 2.75) is 24.2 Å². The molecule has 4 rings (SSSR count). The van der Waals surface area contributed by atoms with Crippen molar-refractivity contribution in [3.05, 3.63) is 108 Å². The summed E-state index contributed by atoms with van der Waals surface area (Å²) in [4.78, 5) is 14.3. The van der Waals surface area contributed by atoms with Crippen LogP contribution in [0.5, 0.6) is 17.2 Å². The van der Waals surface area contributed by atoms with Crippen molar-refractivity contribution in [2.75, 3.05) is 14.2 Å². The molecule has 1 aromatic heterocycles. The van der Waals surface area contributed by atoms with Gasteiger partial charge in [-0.15, -0.1) is 0 Å². The fraction of sp³-hybridized carbons (Fsp3) is 0.179. The van der Waals surface area contributed by atoms with Gasteiger partial charge in [-0.2, -0.15) is 21.6 Å². The van der Waals surface area contributed by atoms with Gasteiger partial charge in [-0.05, 0) is 60.2 Å². The van der Waals surface area contributed by atoms with E-state index in [1.165, 1.54) is 37.5 Å². The standard InChI is InChI=1S/C28H24F3NO7S/c1-36-24-11-4-3-10-23(24)27(33)32(18-21-8-6-14-38-21)17-19-12-13-25(37-2)26(15-19)39-40(34,35)22-9-5-7-20(16-22)28(29,30)31/h3-16H,17-18H2,1-2H3. The van der Waals surface area contributed by atoms with E-state index >= 15 is 0 Å². The molecule has 0 saturated heterocycles. The number of ether oxygens (including phenoxy) is 2. The second-order valence-electron chi connectivity index (χ2n) is 8.49. The van der Waals surface area contributed by atoms with Crippen molar-refractivity contribution >= 4 is 16.0 Å². The van der Waals surface area contributed by atoms with Crippen molar-refractivity contribution in [1.82, 2.24) is 4.90 Å². The minimum atomic E-state index is -4.74. The lowest BCUT2D eigenvalue weighted by molar-refractivity contribution is -0.137. The van der Waals surface area contributed by atoms with Crippen LogP contribution >= 0.6 is 0 Å². The number of methoxy groups -OCH3 is 2. The van der Waals surface area contributed by atoms with E-state index in [-0.39, 0.29) is 30.5 Å². The Labute approximate surface area is 228 Å². The molecule has 4 aromatic rings. The Morgan fingerprint density at radius 3 is 2.27 bits per heavy atom. The third-order valence-electron chi connectivity index (χ3n) is 5.80. The average Bonchev–Trinajstić information content (AvgIpc) is 3.45. The highest BCUT2D eigenvalue weighted by Crippen LogP contribution is 2.34. The molecule has 0 bridgehead atoms. The SMILES string of the molecule is COc1ccc(CN(Cc2ccco2)C(=O)c2ccccc2OC)cc1OS(=O)(=O)c1cccc(C(F)(F)F)c1. The third-order valence-corrected chi connectivity index (χ3v) is 7.03. The summed E-state index contributed by atoms with van der Waals surface area (Å²) in [5.41, 5.74) is -0.389. The quantitative estimate of drug-likeness (QED) is 0.217. The maximum Gasteiger partial charge on any atom is 0.416 e. The molecule has 0 unspecified atom stereocenters. The van der Waals surface area contributed by atoms with Crippen LogP contribution in [0, 0.1) is 0 Å². The van der Waals surface area contributed by atoms with Gasteiger partial charge in [-0.3, -0.25) is 4.79 Å². The maximum absolute atomic E-state index is 13.6. The van der Waals surface area contributed by atoms with Gasteiger partial charge in [-0.1, -0.05) is 24.3 Å². The molecule has 0 spiro atoms. The van der Waals surface area contributed by atoms with Gasteiger partial charge in [0, 0.05) is 6.54 Å². The van der Waals surface area contributed by atoms with Crippen LogP contribution in [0.4, 0.5) is 13.2 Å². The van der Waals surface area contributed by atoms with Crippen LogP contribution in [0.25, 0.3) is 0 Å². The number of para-hydroxylation sites is 1. The monoisotopic (exact) mass is 575 g/mol. The Morgan fingerprint density at radius 2 is 1.60 bits per heavy atom. The van der Waals surface area contributed by atoms with E-state index in [1.807, 2.05) is 0 Å². The summed E-state index contributed by atoms with van der Waals surface area (Å²) < 4.78 is 86.5. The number of hydrogen-bond acceptors (Lipinski definition) is 7. The number of benzene rings is 3. The van der Waals surface area contributed by atoms with E-state index in [0.29, 0.717) is 28.7 Å². The normalized spacial score (nSPS) is 11.6. The first-order chi connectivity index (χ1) is 19.0. The van der Waals surface area contributed by atoms with Crippen LogP contribution in [-0.4, -0.2) is 33.4 Å². The average molecular weight is 576 g/mol. The molecule has 0 aliphatic rings. The van der Waals surface area contributed by atoms with Gasteiger partial charge in [-0.25, -0.2) is 0 Å². The fourth-order valence-electron chi connectivity index (χ4n) is 3.88. The number of amides is 1. The number of alkyl halides is 3. The minimum Gasteiger partial charge on any atom is -0.496 e. The summed E-state index contributed by atoms with van der Waals surface area (Å²) in [5.74, 6) is 0.236. The molecule has 0 aliphatic carbocycles. The fourth-order valence-corrected chi connectivity index (χ4v) is 4.86. The van der Waals surface area contributed by atoms with Crippen LogP contribution in [-0.2, 0) is 29.4 Å². The van der Waals surface area contributed by atoms with Gasteiger partial charge in [0.05, 0.1) is 38.2 Å². The minimum absolute atomic E-state index is 0.0124. The lowest BCUT2D eigenvalue weighted by Gasteiger charge is -2.23. The summed E-state index contributed by atoms with van der Waals surface area (Å²) in [7, 11) is -1.95. The number of hydrogen-bond donors (Lipinski definition) is 0. The Kier molecular flexibility index (Phi) is 8.38. The molecule has 210 valence electrons. The first kappa shape index (κ1) is 28.6. The maximum atomic E-state index is 13.6. The van der Waals surface area contributed by atoms with Gasteiger partial charge in [0.1, 0.15) is 16.4 Å². The molecule has 40 heavy (non-hydrogen) atoms. The predicted octanol–water partition coefficient (Wildman–Crippen LogP) is 5.93. The first-order valence-electron chi connectivity index (χ1n) is 11.7. The smallest absolute Gasteiger partial charge is 0.416 e. The van der Waals surface area contributed by atoms with E-state index < -0.39 is 26.8 Å². The topological polar surface area (TPSA) is 95.3 Å². The molecule has 0 fully saturated rings. The lowest BCUT2D eigenvalue weighted by Crippen LogP contribution is -2.30. The second-order valence-corrected chi connectivity index (χ2v) is 10.0. The number of carbonyl (C=O) groups excluding carboxylic acids is 1. The molecule has 0 radical (unpaired) electrons. The molecule has 0 aliphatic heterocycles. The number of furan rings is 1. The molecule has 0 saturated carbocycles. The number of halogens is 3. The van der Waals surface area contributed by atoms with Crippen LogP contribution in [0.2, 0.25) is 0 Å². The molecule has 0 N–H and O–H groups in total. The van der Waals surface area contributed by atoms with Crippen molar-refractivity contribution in [2.24, 2.45) is 0 Å². The van der Waals surface area contributed by atoms with E-state index in [9.17, 15) is 26.4 Å². The lowest BCUT2D eigenvalue weighted by atomic mass is 10.1. The van der Waals surface area contributed by atoms with Crippen LogP contribution in [0.3, 0.4) is 0 Å². The van der Waals surface area contributed by atoms with Crippen molar-refractivity contribution < 1.29 is 44.5 Å². The zero-order valence-corrected chi connectivity index (χ0v) is 22.2. The number of carbonyl (C=O) groups is 1. The largest absolute Gasteiger partial charge is 0.496 e. The highest BCUT2D eigenvalue weighted by molar-refractivity contribution is 7.87. The van der Waals surface area contributed by atoms with Gasteiger partial charge >= 0.3 is 16.3 Å². The Bertz CT molecular complexity index is 1590. The molecule has 0 atom stereocenters. The third kappa shape index (κ3) is 6.57. The van der Waals surface area contributed by atoms with E-state index in [0.717, 1.165) is 18.2 Å². The van der Waals surface area contributed by atoms with Crippen LogP contribution in [0.15, 0.2) is 94.4 Å². The Morgan fingerprint density at radius 1 is 0.850 bits per heavy atom. The summed E-state index contributed by atoms with van der Waals surface area (Å²) in [6, 6.07) is 17.7. The summed E-state index contributed by atoms with van der Waals surface area (Å²) in [6.07, 6.45) is -3.27. The summed E-state index contributed by atoms with van der Waals surface area (Å²) in [5, 5.41) is 0. The van der Waals surface area contributed by atoms with Gasteiger partial charge < -0.3 is 23.0 Å². The molecule has 1 amide bonds. The van der Waals surface area contributed by atoms with Crippen molar-refractivity contribution in [3.63, 3.8) is 0 Å². The van der Waals surface area contributed by atoms with Crippen LogP contribution < -0.4 is 13.7 Å². The molecular formula is C28H24F3NO7S. The molecule has 3 aromatic carbocycles. The second kappa shape index (κ2) is 11.7.